The van der Waals surface area contributed by atoms with Gasteiger partial charge in [-0.05, 0) is 12.1 Å². The van der Waals surface area contributed by atoms with E-state index in [1.165, 1.54) is 18.2 Å². The van der Waals surface area contributed by atoms with Gasteiger partial charge in [0.15, 0.2) is 0 Å². The highest BCUT2D eigenvalue weighted by Gasteiger charge is 2.15. The standard InChI is InChI=1S/C15H13ClN4O5/c16-12-9-10(19(22)23)5-6-11(12)15(21)18-8-7-17-13-3-1-2-4-14(13)20(24)25/h1-6,9,17H,7-8H2,(H,18,21). The van der Waals surface area contributed by atoms with Gasteiger partial charge in [0.1, 0.15) is 5.69 Å². The van der Waals surface area contributed by atoms with Gasteiger partial charge >= 0.3 is 0 Å². The Bertz CT molecular complexity index is 827. The average molecular weight is 365 g/mol. The van der Waals surface area contributed by atoms with Crippen LogP contribution in [0.2, 0.25) is 5.02 Å². The van der Waals surface area contributed by atoms with Crippen LogP contribution in [-0.4, -0.2) is 28.8 Å². The number of rotatable bonds is 7. The van der Waals surface area contributed by atoms with Crippen molar-refractivity contribution in [1.29, 1.82) is 0 Å². The molecule has 0 spiro atoms. The van der Waals surface area contributed by atoms with Crippen LogP contribution in [0.15, 0.2) is 42.5 Å². The molecule has 10 heteroatoms. The van der Waals surface area contributed by atoms with Crippen LogP contribution in [0, 0.1) is 20.2 Å². The minimum Gasteiger partial charge on any atom is -0.378 e. The van der Waals surface area contributed by atoms with Crippen LogP contribution >= 0.6 is 11.6 Å². The summed E-state index contributed by atoms with van der Waals surface area (Å²) in [6.45, 7) is 0.430. The summed E-state index contributed by atoms with van der Waals surface area (Å²) in [5.41, 5.74) is 0.180. The third kappa shape index (κ3) is 4.64. The van der Waals surface area contributed by atoms with Crippen molar-refractivity contribution in [1.82, 2.24) is 5.32 Å². The summed E-state index contributed by atoms with van der Waals surface area (Å²) in [4.78, 5) is 32.5. The molecule has 0 unspecified atom stereocenters. The summed E-state index contributed by atoms with van der Waals surface area (Å²) in [7, 11) is 0. The molecule has 2 aromatic carbocycles. The van der Waals surface area contributed by atoms with Gasteiger partial charge < -0.3 is 10.6 Å². The Hall–Kier alpha value is -3.20. The number of benzene rings is 2. The first-order valence-electron chi connectivity index (χ1n) is 7.09. The Kier molecular flexibility index (Phi) is 5.85. The van der Waals surface area contributed by atoms with Crippen molar-refractivity contribution in [2.75, 3.05) is 18.4 Å². The third-order valence-electron chi connectivity index (χ3n) is 3.23. The molecule has 1 amide bonds. The Morgan fingerprint density at radius 2 is 1.76 bits per heavy atom. The number of nitro groups is 2. The van der Waals surface area contributed by atoms with Crippen LogP contribution in [-0.2, 0) is 0 Å². The molecule has 0 aliphatic rings. The van der Waals surface area contributed by atoms with Gasteiger partial charge in [0.25, 0.3) is 17.3 Å². The van der Waals surface area contributed by atoms with Crippen molar-refractivity contribution in [3.05, 3.63) is 73.3 Å². The summed E-state index contributed by atoms with van der Waals surface area (Å²) in [6.07, 6.45) is 0. The van der Waals surface area contributed by atoms with Crippen molar-refractivity contribution in [3.63, 3.8) is 0 Å². The fourth-order valence-electron chi connectivity index (χ4n) is 2.05. The second kappa shape index (κ2) is 8.06. The SMILES string of the molecule is O=C(NCCNc1ccccc1[N+](=O)[O-])c1ccc([N+](=O)[O-])cc1Cl. The largest absolute Gasteiger partial charge is 0.378 e. The van der Waals surface area contributed by atoms with Gasteiger partial charge in [0.2, 0.25) is 0 Å². The van der Waals surface area contributed by atoms with Crippen molar-refractivity contribution in [2.45, 2.75) is 0 Å². The molecule has 0 saturated carbocycles. The zero-order chi connectivity index (χ0) is 18.4. The predicted molar refractivity (Wildman–Crippen MR) is 92.0 cm³/mol. The molecular formula is C15H13ClN4O5. The van der Waals surface area contributed by atoms with E-state index in [1.54, 1.807) is 18.2 Å². The van der Waals surface area contributed by atoms with Gasteiger partial charge in [-0.3, -0.25) is 25.0 Å². The number of anilines is 1. The minimum atomic E-state index is -0.607. The van der Waals surface area contributed by atoms with E-state index in [1.807, 2.05) is 0 Å². The molecular weight excluding hydrogens is 352 g/mol. The highest BCUT2D eigenvalue weighted by Crippen LogP contribution is 2.23. The molecule has 0 heterocycles. The summed E-state index contributed by atoms with van der Waals surface area (Å²) in [5.74, 6) is -0.496. The van der Waals surface area contributed by atoms with Crippen molar-refractivity contribution < 1.29 is 14.6 Å². The highest BCUT2D eigenvalue weighted by molar-refractivity contribution is 6.34. The van der Waals surface area contributed by atoms with E-state index in [-0.39, 0.29) is 35.1 Å². The van der Waals surface area contributed by atoms with E-state index in [4.69, 9.17) is 11.6 Å². The lowest BCUT2D eigenvalue weighted by molar-refractivity contribution is -0.384. The molecule has 0 aliphatic carbocycles. The van der Waals surface area contributed by atoms with Crippen LogP contribution in [0.4, 0.5) is 17.1 Å². The van der Waals surface area contributed by atoms with E-state index in [0.29, 0.717) is 5.69 Å². The van der Waals surface area contributed by atoms with Crippen LogP contribution in [0.3, 0.4) is 0 Å². The number of para-hydroxylation sites is 2. The zero-order valence-electron chi connectivity index (χ0n) is 12.8. The molecule has 2 N–H and O–H groups in total. The van der Waals surface area contributed by atoms with Crippen LogP contribution in [0.5, 0.6) is 0 Å². The fourth-order valence-corrected chi connectivity index (χ4v) is 2.31. The first-order chi connectivity index (χ1) is 11.9. The van der Waals surface area contributed by atoms with Crippen molar-refractivity contribution >= 4 is 34.6 Å². The number of amides is 1. The topological polar surface area (TPSA) is 127 Å². The average Bonchev–Trinajstić information content (AvgIpc) is 2.58. The molecule has 0 atom stereocenters. The van der Waals surface area contributed by atoms with E-state index >= 15 is 0 Å². The normalized spacial score (nSPS) is 10.1. The number of hydrogen-bond donors (Lipinski definition) is 2. The van der Waals surface area contributed by atoms with Gasteiger partial charge in [-0.1, -0.05) is 23.7 Å². The van der Waals surface area contributed by atoms with Crippen LogP contribution in [0.25, 0.3) is 0 Å². The molecule has 2 aromatic rings. The lowest BCUT2D eigenvalue weighted by Crippen LogP contribution is -2.29. The Morgan fingerprint density at radius 3 is 2.40 bits per heavy atom. The Morgan fingerprint density at radius 1 is 1.04 bits per heavy atom. The monoisotopic (exact) mass is 364 g/mol. The molecule has 0 bridgehead atoms. The summed E-state index contributed by atoms with van der Waals surface area (Å²) >= 11 is 5.88. The summed E-state index contributed by atoms with van der Waals surface area (Å²) < 4.78 is 0. The minimum absolute atomic E-state index is 0.0293. The van der Waals surface area contributed by atoms with Crippen LogP contribution in [0.1, 0.15) is 10.4 Å². The molecule has 0 radical (unpaired) electrons. The van der Waals surface area contributed by atoms with Gasteiger partial charge in [0, 0.05) is 31.3 Å². The molecule has 0 aromatic heterocycles. The second-order valence-corrected chi connectivity index (χ2v) is 5.29. The third-order valence-corrected chi connectivity index (χ3v) is 3.55. The summed E-state index contributed by atoms with van der Waals surface area (Å²) in [5, 5.41) is 27.0. The van der Waals surface area contributed by atoms with Gasteiger partial charge in [-0.15, -0.1) is 0 Å². The number of nitrogens with zero attached hydrogens (tertiary/aromatic N) is 2. The number of nitrogens with one attached hydrogen (secondary N) is 2. The number of hydrogen-bond acceptors (Lipinski definition) is 6. The number of halogens is 1. The lowest BCUT2D eigenvalue weighted by atomic mass is 10.2. The van der Waals surface area contributed by atoms with Gasteiger partial charge in [0.05, 0.1) is 20.4 Å². The maximum atomic E-state index is 12.0. The van der Waals surface area contributed by atoms with E-state index in [9.17, 15) is 25.0 Å². The maximum Gasteiger partial charge on any atom is 0.292 e. The highest BCUT2D eigenvalue weighted by atomic mass is 35.5. The molecule has 2 rings (SSSR count). The lowest BCUT2D eigenvalue weighted by Gasteiger charge is -2.09. The maximum absolute atomic E-state index is 12.0. The predicted octanol–water partition coefficient (Wildman–Crippen LogP) is 3.00. The van der Waals surface area contributed by atoms with E-state index in [2.05, 4.69) is 10.6 Å². The Balaban J connectivity index is 1.91. The number of non-ortho nitro benzene ring substituents is 1. The quantitative estimate of drug-likeness (QED) is 0.441. The molecule has 25 heavy (non-hydrogen) atoms. The fraction of sp³-hybridized carbons (Fsp3) is 0.133. The first-order valence-corrected chi connectivity index (χ1v) is 7.47. The molecule has 0 aliphatic heterocycles. The first kappa shape index (κ1) is 18.1. The van der Waals surface area contributed by atoms with Gasteiger partial charge in [-0.25, -0.2) is 0 Å². The van der Waals surface area contributed by atoms with Crippen molar-refractivity contribution in [2.24, 2.45) is 0 Å². The molecule has 0 saturated heterocycles. The number of carbonyl (C=O) groups is 1. The molecule has 0 fully saturated rings. The molecule has 9 nitrogen and oxygen atoms in total. The Labute approximate surface area is 146 Å². The number of carbonyl (C=O) groups excluding carboxylic acids is 1. The second-order valence-electron chi connectivity index (χ2n) is 4.88. The van der Waals surface area contributed by atoms with E-state index < -0.39 is 15.8 Å². The molecule has 130 valence electrons. The van der Waals surface area contributed by atoms with Crippen LogP contribution < -0.4 is 10.6 Å². The zero-order valence-corrected chi connectivity index (χ0v) is 13.5. The number of nitro benzene ring substituents is 2. The van der Waals surface area contributed by atoms with Crippen molar-refractivity contribution in [3.8, 4) is 0 Å². The van der Waals surface area contributed by atoms with Gasteiger partial charge in [-0.2, -0.15) is 0 Å². The van der Waals surface area contributed by atoms with E-state index in [0.717, 1.165) is 6.07 Å². The summed E-state index contributed by atoms with van der Waals surface area (Å²) in [6, 6.07) is 9.70. The smallest absolute Gasteiger partial charge is 0.292 e.